The molecule has 4 heterocycles. The van der Waals surface area contributed by atoms with Crippen molar-refractivity contribution >= 4 is 11.3 Å². The molecule has 5 nitrogen and oxygen atoms in total. The van der Waals surface area contributed by atoms with Gasteiger partial charge in [0.15, 0.2) is 0 Å². The fraction of sp³-hybridized carbons (Fsp3) is 0.625. The van der Waals surface area contributed by atoms with E-state index in [2.05, 4.69) is 33.5 Å². The Labute approximate surface area is 134 Å². The molecule has 0 unspecified atom stereocenters. The summed E-state index contributed by atoms with van der Waals surface area (Å²) >= 11 is 1.86. The fourth-order valence-electron chi connectivity index (χ4n) is 3.59. The molecule has 118 valence electrons. The molecule has 2 aliphatic heterocycles. The van der Waals surface area contributed by atoms with Gasteiger partial charge < -0.3 is 9.15 Å². The van der Waals surface area contributed by atoms with Crippen LogP contribution in [0.4, 0.5) is 0 Å². The molecular formula is C16H21N3O2S. The summed E-state index contributed by atoms with van der Waals surface area (Å²) in [4.78, 5) is 4.01. The normalized spacial score (nSPS) is 28.4. The number of hydrogen-bond donors (Lipinski definition) is 0. The van der Waals surface area contributed by atoms with Crippen molar-refractivity contribution in [2.24, 2.45) is 5.92 Å². The molecule has 0 saturated carbocycles. The Morgan fingerprint density at radius 3 is 2.91 bits per heavy atom. The van der Waals surface area contributed by atoms with Crippen molar-refractivity contribution in [2.75, 3.05) is 13.1 Å². The average molecular weight is 319 g/mol. The lowest BCUT2D eigenvalue weighted by Crippen LogP contribution is -2.25. The van der Waals surface area contributed by atoms with Gasteiger partial charge in [-0.2, -0.15) is 0 Å². The van der Waals surface area contributed by atoms with Gasteiger partial charge in [-0.1, -0.05) is 0 Å². The predicted molar refractivity (Wildman–Crippen MR) is 83.8 cm³/mol. The highest BCUT2D eigenvalue weighted by Crippen LogP contribution is 2.35. The van der Waals surface area contributed by atoms with Gasteiger partial charge in [0, 0.05) is 37.4 Å². The molecule has 0 spiro atoms. The third kappa shape index (κ3) is 2.83. The minimum Gasteiger partial charge on any atom is -0.426 e. The first-order chi connectivity index (χ1) is 10.7. The van der Waals surface area contributed by atoms with E-state index in [1.165, 1.54) is 10.4 Å². The molecule has 2 aromatic heterocycles. The zero-order valence-electron chi connectivity index (χ0n) is 13.0. The maximum atomic E-state index is 6.21. The second-order valence-corrected chi connectivity index (χ2v) is 7.43. The molecule has 0 aromatic carbocycles. The third-order valence-corrected chi connectivity index (χ3v) is 5.70. The summed E-state index contributed by atoms with van der Waals surface area (Å²) in [6.07, 6.45) is 2.46. The fourth-order valence-corrected chi connectivity index (χ4v) is 4.54. The van der Waals surface area contributed by atoms with Crippen molar-refractivity contribution in [1.82, 2.24) is 15.1 Å². The zero-order chi connectivity index (χ0) is 15.1. The van der Waals surface area contributed by atoms with Crippen LogP contribution in [0.25, 0.3) is 0 Å². The lowest BCUT2D eigenvalue weighted by molar-refractivity contribution is 0.0350. The minimum absolute atomic E-state index is 0.237. The summed E-state index contributed by atoms with van der Waals surface area (Å²) in [6.45, 7) is 7.27. The van der Waals surface area contributed by atoms with E-state index < -0.39 is 0 Å². The number of aromatic nitrogens is 2. The number of hydrogen-bond acceptors (Lipinski definition) is 6. The maximum absolute atomic E-state index is 6.21. The summed E-state index contributed by atoms with van der Waals surface area (Å²) in [5, 5.41) is 10.1. The Balaban J connectivity index is 1.31. The molecule has 2 aromatic rings. The van der Waals surface area contributed by atoms with Crippen LogP contribution in [0, 0.1) is 19.8 Å². The number of thiophene rings is 1. The molecule has 4 rings (SSSR count). The van der Waals surface area contributed by atoms with Gasteiger partial charge in [-0.25, -0.2) is 0 Å². The highest BCUT2D eigenvalue weighted by molar-refractivity contribution is 7.10. The number of nitrogens with zero attached hydrogens (tertiary/aromatic N) is 3. The van der Waals surface area contributed by atoms with E-state index in [4.69, 9.17) is 9.15 Å². The van der Waals surface area contributed by atoms with Gasteiger partial charge in [0.05, 0.1) is 18.6 Å². The molecule has 3 atom stereocenters. The van der Waals surface area contributed by atoms with Crippen LogP contribution in [0.3, 0.4) is 0 Å². The first-order valence-corrected chi connectivity index (χ1v) is 8.75. The van der Waals surface area contributed by atoms with Crippen LogP contribution >= 0.6 is 11.3 Å². The molecule has 22 heavy (non-hydrogen) atoms. The molecule has 0 aliphatic carbocycles. The molecule has 6 heteroatoms. The number of likely N-dealkylation sites (tertiary alicyclic amines) is 1. The van der Waals surface area contributed by atoms with Crippen LogP contribution in [0.1, 0.15) is 28.6 Å². The standard InChI is InChI=1S/C16H21N3O2S/c1-10-3-4-22-15(10)9-19-7-12-5-13(21-14(12)8-19)6-16-18-17-11(2)20-16/h3-4,12-14H,5-9H2,1-2H3/t12-,13+,14+/m0/s1. The highest BCUT2D eigenvalue weighted by atomic mass is 32.1. The lowest BCUT2D eigenvalue weighted by Gasteiger charge is -2.18. The predicted octanol–water partition coefficient (Wildman–Crippen LogP) is 2.58. The SMILES string of the molecule is Cc1nnc(C[C@H]2C[C@H]3CN(Cc4sccc4C)C[C@H]3O2)o1. The molecule has 0 bridgehead atoms. The lowest BCUT2D eigenvalue weighted by atomic mass is 10.0. The summed E-state index contributed by atoms with van der Waals surface area (Å²) in [7, 11) is 0. The van der Waals surface area contributed by atoms with Crippen LogP contribution in [-0.4, -0.2) is 40.4 Å². The Bertz CT molecular complexity index is 639. The second-order valence-electron chi connectivity index (χ2n) is 6.43. The van der Waals surface area contributed by atoms with Gasteiger partial charge in [0.25, 0.3) is 0 Å². The quantitative estimate of drug-likeness (QED) is 0.867. The van der Waals surface area contributed by atoms with E-state index in [0.29, 0.717) is 23.8 Å². The maximum Gasteiger partial charge on any atom is 0.219 e. The second kappa shape index (κ2) is 5.76. The van der Waals surface area contributed by atoms with Crippen molar-refractivity contribution in [2.45, 2.75) is 45.4 Å². The number of fused-ring (bicyclic) bond motifs is 1. The van der Waals surface area contributed by atoms with Crippen LogP contribution in [0.5, 0.6) is 0 Å². The molecule has 2 aliphatic rings. The number of ether oxygens (including phenoxy) is 1. The summed E-state index contributed by atoms with van der Waals surface area (Å²) in [5.74, 6) is 1.98. The third-order valence-electron chi connectivity index (χ3n) is 4.70. The molecule has 0 N–H and O–H groups in total. The molecular weight excluding hydrogens is 298 g/mol. The first kappa shape index (κ1) is 14.4. The van der Waals surface area contributed by atoms with Crippen molar-refractivity contribution < 1.29 is 9.15 Å². The van der Waals surface area contributed by atoms with Crippen molar-refractivity contribution in [3.8, 4) is 0 Å². The highest BCUT2D eigenvalue weighted by Gasteiger charge is 2.42. The zero-order valence-corrected chi connectivity index (χ0v) is 13.8. The van der Waals surface area contributed by atoms with Gasteiger partial charge in [-0.05, 0) is 30.4 Å². The van der Waals surface area contributed by atoms with E-state index in [1.807, 2.05) is 18.3 Å². The van der Waals surface area contributed by atoms with Crippen LogP contribution in [0.2, 0.25) is 0 Å². The van der Waals surface area contributed by atoms with E-state index >= 15 is 0 Å². The molecule has 2 saturated heterocycles. The van der Waals surface area contributed by atoms with E-state index in [9.17, 15) is 0 Å². The summed E-state index contributed by atoms with van der Waals surface area (Å²) in [5.41, 5.74) is 1.41. The topological polar surface area (TPSA) is 51.4 Å². The summed E-state index contributed by atoms with van der Waals surface area (Å²) in [6, 6.07) is 2.20. The first-order valence-electron chi connectivity index (χ1n) is 7.87. The van der Waals surface area contributed by atoms with E-state index in [1.54, 1.807) is 0 Å². The molecule has 0 radical (unpaired) electrons. The minimum atomic E-state index is 0.237. The van der Waals surface area contributed by atoms with Crippen LogP contribution in [-0.2, 0) is 17.7 Å². The van der Waals surface area contributed by atoms with Crippen molar-refractivity contribution in [3.05, 3.63) is 33.7 Å². The van der Waals surface area contributed by atoms with Crippen molar-refractivity contribution in [3.63, 3.8) is 0 Å². The number of rotatable bonds is 4. The van der Waals surface area contributed by atoms with Crippen LogP contribution < -0.4 is 0 Å². The smallest absolute Gasteiger partial charge is 0.219 e. The van der Waals surface area contributed by atoms with Crippen molar-refractivity contribution in [1.29, 1.82) is 0 Å². The van der Waals surface area contributed by atoms with Gasteiger partial charge in [0.2, 0.25) is 11.8 Å². The average Bonchev–Trinajstić information content (AvgIpc) is 3.19. The van der Waals surface area contributed by atoms with E-state index in [0.717, 1.165) is 32.5 Å². The largest absolute Gasteiger partial charge is 0.426 e. The van der Waals surface area contributed by atoms with Crippen LogP contribution in [0.15, 0.2) is 15.9 Å². The molecule has 0 amide bonds. The summed E-state index contributed by atoms with van der Waals surface area (Å²) < 4.78 is 11.7. The van der Waals surface area contributed by atoms with Gasteiger partial charge in [0.1, 0.15) is 0 Å². The monoisotopic (exact) mass is 319 g/mol. The van der Waals surface area contributed by atoms with Gasteiger partial charge in [-0.15, -0.1) is 21.5 Å². The Hall–Kier alpha value is -1.24. The molecule has 2 fully saturated rings. The Morgan fingerprint density at radius 2 is 2.23 bits per heavy atom. The van der Waals surface area contributed by atoms with Gasteiger partial charge in [-0.3, -0.25) is 4.90 Å². The Kier molecular flexibility index (Phi) is 3.76. The Morgan fingerprint density at radius 1 is 1.32 bits per heavy atom. The van der Waals surface area contributed by atoms with Gasteiger partial charge >= 0.3 is 0 Å². The number of aryl methyl sites for hydroxylation is 2. The van der Waals surface area contributed by atoms with E-state index in [-0.39, 0.29) is 6.10 Å².